The van der Waals surface area contributed by atoms with Gasteiger partial charge in [0, 0.05) is 11.6 Å². The second-order valence-corrected chi connectivity index (χ2v) is 7.71. The highest BCUT2D eigenvalue weighted by molar-refractivity contribution is 7.89. The molecule has 1 heterocycles. The number of alkyl halides is 3. The highest BCUT2D eigenvalue weighted by Crippen LogP contribution is 2.46. The van der Waals surface area contributed by atoms with Crippen LogP contribution in [0.4, 0.5) is 13.2 Å². The van der Waals surface area contributed by atoms with Crippen molar-refractivity contribution < 1.29 is 21.6 Å². The van der Waals surface area contributed by atoms with Gasteiger partial charge in [-0.2, -0.15) is 9.78 Å². The normalized spacial score (nSPS) is 20.9. The largest absolute Gasteiger partial charge is 0.504 e. The van der Waals surface area contributed by atoms with Crippen molar-refractivity contribution >= 4 is 15.6 Å². The van der Waals surface area contributed by atoms with Crippen molar-refractivity contribution in [1.29, 1.82) is 0 Å². The van der Waals surface area contributed by atoms with E-state index in [-0.39, 0.29) is 27.3 Å². The molecule has 0 amide bonds. The Morgan fingerprint density at radius 2 is 1.92 bits per heavy atom. The lowest BCUT2D eigenvalue weighted by molar-refractivity contribution is -0.214. The van der Waals surface area contributed by atoms with Crippen LogP contribution in [0.5, 0.6) is 0 Å². The van der Waals surface area contributed by atoms with E-state index in [0.29, 0.717) is 5.57 Å². The Morgan fingerprint density at radius 3 is 2.58 bits per heavy atom. The maximum atomic E-state index is 13.4. The Balaban J connectivity index is 2.25. The fourth-order valence-corrected chi connectivity index (χ4v) is 4.00. The van der Waals surface area contributed by atoms with Crippen LogP contribution >= 0.6 is 0 Å². The van der Waals surface area contributed by atoms with Gasteiger partial charge in [0.2, 0.25) is 10.0 Å². The lowest BCUT2D eigenvalue weighted by Gasteiger charge is -2.35. The van der Waals surface area contributed by atoms with E-state index < -0.39 is 21.7 Å². The van der Waals surface area contributed by atoms with Crippen molar-refractivity contribution in [2.75, 3.05) is 0 Å². The molecule has 0 saturated carbocycles. The number of allylic oxidation sites excluding steroid dienone is 4. The molecular weight excluding hydrogens is 367 g/mol. The average Bonchev–Trinajstić information content (AvgIpc) is 3.05. The van der Waals surface area contributed by atoms with Gasteiger partial charge in [0.15, 0.2) is 0 Å². The van der Waals surface area contributed by atoms with Gasteiger partial charge in [0.1, 0.15) is 0 Å². The molecule has 0 bridgehead atoms. The van der Waals surface area contributed by atoms with E-state index in [1.807, 2.05) is 0 Å². The first-order valence-electron chi connectivity index (χ1n) is 7.66. The lowest BCUT2D eigenvalue weighted by atomic mass is 9.71. The van der Waals surface area contributed by atoms with E-state index in [1.165, 1.54) is 24.3 Å². The van der Waals surface area contributed by atoms with Crippen LogP contribution < -0.4 is 5.14 Å². The lowest BCUT2D eigenvalue weighted by Crippen LogP contribution is -2.33. The molecular formula is C17H16F3N3O2S. The molecule has 1 atom stereocenters. The summed E-state index contributed by atoms with van der Waals surface area (Å²) < 4.78 is 64.0. The monoisotopic (exact) mass is 383 g/mol. The van der Waals surface area contributed by atoms with E-state index >= 15 is 0 Å². The molecule has 9 heteroatoms. The van der Waals surface area contributed by atoms with Gasteiger partial charge in [0.25, 0.3) is 0 Å². The molecule has 1 aliphatic rings. The summed E-state index contributed by atoms with van der Waals surface area (Å²) in [6, 6.07) is 7.30. The maximum absolute atomic E-state index is 13.4. The predicted octanol–water partition coefficient (Wildman–Crippen LogP) is 3.31. The van der Waals surface area contributed by atoms with E-state index in [0.717, 1.165) is 6.20 Å². The number of nitrogens with two attached hydrogens (primary N) is 1. The number of benzene rings is 1. The van der Waals surface area contributed by atoms with Crippen molar-refractivity contribution in [3.63, 3.8) is 0 Å². The number of nitrogens with zero attached hydrogens (tertiary/aromatic N) is 2. The van der Waals surface area contributed by atoms with Gasteiger partial charge < -0.3 is 0 Å². The molecule has 1 aromatic carbocycles. The molecule has 1 aromatic heterocycles. The number of hydrogen-bond acceptors (Lipinski definition) is 3. The number of primary sulfonamides is 1. The third-order valence-corrected chi connectivity index (χ3v) is 5.42. The molecule has 0 spiro atoms. The summed E-state index contributed by atoms with van der Waals surface area (Å²) in [4.78, 5) is -0.133. The zero-order chi connectivity index (χ0) is 19.2. The molecule has 1 aliphatic carbocycles. The van der Waals surface area contributed by atoms with Crippen molar-refractivity contribution in [3.05, 3.63) is 66.0 Å². The Hall–Kier alpha value is -2.39. The summed E-state index contributed by atoms with van der Waals surface area (Å²) in [5.74, 6) is 0. The molecule has 2 N–H and O–H groups in total. The Morgan fingerprint density at radius 1 is 1.23 bits per heavy atom. The summed E-state index contributed by atoms with van der Waals surface area (Å²) in [7, 11) is -4.05. The highest BCUT2D eigenvalue weighted by Gasteiger charge is 2.43. The van der Waals surface area contributed by atoms with Crippen LogP contribution in [-0.2, 0) is 21.7 Å². The molecule has 26 heavy (non-hydrogen) atoms. The molecule has 0 fully saturated rings. The Labute approximate surface area is 148 Å². The van der Waals surface area contributed by atoms with Crippen molar-refractivity contribution in [3.8, 4) is 0 Å². The van der Waals surface area contributed by atoms with Gasteiger partial charge in [-0.3, -0.25) is 0 Å². The summed E-state index contributed by atoms with van der Waals surface area (Å²) >= 11 is 0. The quantitative estimate of drug-likeness (QED) is 0.883. The highest BCUT2D eigenvalue weighted by atomic mass is 32.2. The Kier molecular flexibility index (Phi) is 4.32. The first-order valence-corrected chi connectivity index (χ1v) is 9.21. The number of sulfonamides is 1. The standard InChI is InChI=1S/C17H16F3N3O2S/c1-16(15-9-11-22-23(15)17(18,19)20)10-5-4-7-13(16)12-6-2-3-8-14(12)26(21,24)25/h2-9,11H,10H2,1H3,(H2,21,24,25). The predicted molar refractivity (Wildman–Crippen MR) is 90.4 cm³/mol. The van der Waals surface area contributed by atoms with Crippen molar-refractivity contribution in [1.82, 2.24) is 9.78 Å². The Bertz CT molecular complexity index is 1010. The van der Waals surface area contributed by atoms with Crippen LogP contribution in [0.15, 0.2) is 59.7 Å². The minimum absolute atomic E-state index is 0.0135. The van der Waals surface area contributed by atoms with Crippen molar-refractivity contribution in [2.24, 2.45) is 5.14 Å². The van der Waals surface area contributed by atoms with Gasteiger partial charge in [-0.1, -0.05) is 36.4 Å². The zero-order valence-electron chi connectivity index (χ0n) is 13.7. The van der Waals surface area contributed by atoms with Crippen LogP contribution in [-0.4, -0.2) is 18.2 Å². The van der Waals surface area contributed by atoms with Gasteiger partial charge in [-0.15, -0.1) is 13.2 Å². The van der Waals surface area contributed by atoms with Crippen LogP contribution in [0.3, 0.4) is 0 Å². The van der Waals surface area contributed by atoms with E-state index in [1.54, 1.807) is 31.2 Å². The third kappa shape index (κ3) is 3.08. The molecule has 2 aromatic rings. The maximum Gasteiger partial charge on any atom is 0.504 e. The minimum Gasteiger partial charge on any atom is -0.225 e. The van der Waals surface area contributed by atoms with E-state index in [4.69, 9.17) is 5.14 Å². The first kappa shape index (κ1) is 18.4. The summed E-state index contributed by atoms with van der Waals surface area (Å²) in [6.07, 6.45) is 1.67. The van der Waals surface area contributed by atoms with E-state index in [2.05, 4.69) is 5.10 Å². The minimum atomic E-state index is -4.69. The topological polar surface area (TPSA) is 78.0 Å². The molecule has 0 saturated heterocycles. The van der Waals surface area contributed by atoms with Gasteiger partial charge in [0.05, 0.1) is 10.6 Å². The molecule has 3 rings (SSSR count). The smallest absolute Gasteiger partial charge is 0.225 e. The second kappa shape index (κ2) is 6.10. The average molecular weight is 383 g/mol. The molecule has 0 aliphatic heterocycles. The molecule has 1 unspecified atom stereocenters. The van der Waals surface area contributed by atoms with Gasteiger partial charge in [-0.25, -0.2) is 13.6 Å². The molecule has 138 valence electrons. The number of halogens is 3. The van der Waals surface area contributed by atoms with Gasteiger partial charge >= 0.3 is 6.30 Å². The molecule has 5 nitrogen and oxygen atoms in total. The fraction of sp³-hybridized carbons (Fsp3) is 0.235. The zero-order valence-corrected chi connectivity index (χ0v) is 14.6. The van der Waals surface area contributed by atoms with Gasteiger partial charge in [-0.05, 0) is 36.6 Å². The van der Waals surface area contributed by atoms with Crippen LogP contribution in [0.1, 0.15) is 24.6 Å². The summed E-state index contributed by atoms with van der Waals surface area (Å²) in [5, 5.41) is 8.70. The number of aromatic nitrogens is 2. The van der Waals surface area contributed by atoms with Crippen LogP contribution in [0.25, 0.3) is 5.57 Å². The van der Waals surface area contributed by atoms with Crippen LogP contribution in [0, 0.1) is 0 Å². The summed E-state index contributed by atoms with van der Waals surface area (Å²) in [6.45, 7) is 1.63. The number of hydrogen-bond donors (Lipinski definition) is 1. The SMILES string of the molecule is CC1(c2ccnn2C(F)(F)F)CC=CC=C1c1ccccc1S(N)(=O)=O. The second-order valence-electron chi connectivity index (χ2n) is 6.18. The van der Waals surface area contributed by atoms with E-state index in [9.17, 15) is 21.6 Å². The third-order valence-electron chi connectivity index (χ3n) is 4.45. The van der Waals surface area contributed by atoms with Crippen LogP contribution in [0.2, 0.25) is 0 Å². The van der Waals surface area contributed by atoms with Crippen molar-refractivity contribution in [2.45, 2.75) is 30.0 Å². The first-order chi connectivity index (χ1) is 12.0. The molecule has 0 radical (unpaired) electrons. The number of rotatable bonds is 3. The summed E-state index contributed by atoms with van der Waals surface area (Å²) in [5.41, 5.74) is -0.515. The fourth-order valence-electron chi connectivity index (χ4n) is 3.25.